The number of hydrogen-bond donors (Lipinski definition) is 2. The minimum absolute atomic E-state index is 0.0914. The quantitative estimate of drug-likeness (QED) is 0.496. The second kappa shape index (κ2) is 12.1. The zero-order chi connectivity index (χ0) is 28.3. The number of carbonyl (C=O) groups is 5. The van der Waals surface area contributed by atoms with Crippen LogP contribution in [0, 0.1) is 5.92 Å². The van der Waals surface area contributed by atoms with Crippen LogP contribution in [0.5, 0.6) is 0 Å². The van der Waals surface area contributed by atoms with Crippen LogP contribution in [0.2, 0.25) is 0 Å². The van der Waals surface area contributed by atoms with Crippen molar-refractivity contribution in [3.05, 3.63) is 47.3 Å². The van der Waals surface area contributed by atoms with Gasteiger partial charge in [0.25, 0.3) is 5.91 Å². The maximum atomic E-state index is 13.8. The number of amides is 4. The SMILES string of the molecule is CCC(NC(C)=O)C(=O)N1CC(=O)C2C1CCN2C(=O)C(CC(C)C)NC(=O)c1ccc(-c2cccs2)cc1. The third-order valence-corrected chi connectivity index (χ3v) is 8.25. The highest BCUT2D eigenvalue weighted by Gasteiger charge is 2.52. The van der Waals surface area contributed by atoms with E-state index in [4.69, 9.17) is 0 Å². The van der Waals surface area contributed by atoms with Crippen LogP contribution in [0.3, 0.4) is 0 Å². The second-order valence-electron chi connectivity index (χ2n) is 10.6. The Hall–Kier alpha value is -3.53. The summed E-state index contributed by atoms with van der Waals surface area (Å²) in [5.74, 6) is -1.35. The van der Waals surface area contributed by atoms with E-state index in [1.54, 1.807) is 30.4 Å². The summed E-state index contributed by atoms with van der Waals surface area (Å²) in [5, 5.41) is 7.56. The molecule has 2 saturated heterocycles. The van der Waals surface area contributed by atoms with Crippen molar-refractivity contribution in [2.45, 2.75) is 71.1 Å². The number of ketones is 1. The normalized spacial score (nSPS) is 20.1. The van der Waals surface area contributed by atoms with Gasteiger partial charge in [-0.25, -0.2) is 0 Å². The van der Waals surface area contributed by atoms with Gasteiger partial charge in [0.2, 0.25) is 17.7 Å². The summed E-state index contributed by atoms with van der Waals surface area (Å²) in [4.78, 5) is 68.8. The van der Waals surface area contributed by atoms with Gasteiger partial charge in [0, 0.05) is 23.9 Å². The Labute approximate surface area is 232 Å². The summed E-state index contributed by atoms with van der Waals surface area (Å²) in [6.07, 6.45) is 1.29. The van der Waals surface area contributed by atoms with Gasteiger partial charge in [0.1, 0.15) is 18.1 Å². The van der Waals surface area contributed by atoms with Crippen molar-refractivity contribution in [3.8, 4) is 10.4 Å². The van der Waals surface area contributed by atoms with Crippen LogP contribution in [0.4, 0.5) is 0 Å². The smallest absolute Gasteiger partial charge is 0.251 e. The highest BCUT2D eigenvalue weighted by Crippen LogP contribution is 2.31. The first kappa shape index (κ1) is 28.5. The molecule has 4 rings (SSSR count). The molecule has 10 heteroatoms. The first-order valence-electron chi connectivity index (χ1n) is 13.5. The zero-order valence-electron chi connectivity index (χ0n) is 22.8. The van der Waals surface area contributed by atoms with Crippen molar-refractivity contribution < 1.29 is 24.0 Å². The summed E-state index contributed by atoms with van der Waals surface area (Å²) in [6, 6.07) is 8.57. The predicted molar refractivity (Wildman–Crippen MR) is 149 cm³/mol. The number of Topliss-reactive ketones (excluding diaryl/α,β-unsaturated/α-hetero) is 1. The van der Waals surface area contributed by atoms with Crippen LogP contribution in [-0.4, -0.2) is 76.5 Å². The molecule has 2 fully saturated rings. The van der Waals surface area contributed by atoms with Crippen LogP contribution < -0.4 is 10.6 Å². The molecular weight excluding hydrogens is 516 g/mol. The van der Waals surface area contributed by atoms with Gasteiger partial charge < -0.3 is 20.4 Å². The second-order valence-corrected chi connectivity index (χ2v) is 11.6. The Kier molecular flexibility index (Phi) is 8.84. The number of thiophene rings is 1. The van der Waals surface area contributed by atoms with E-state index in [-0.39, 0.29) is 41.9 Å². The zero-order valence-corrected chi connectivity index (χ0v) is 23.6. The number of nitrogens with zero attached hydrogens (tertiary/aromatic N) is 2. The summed E-state index contributed by atoms with van der Waals surface area (Å²) in [5.41, 5.74) is 1.47. The lowest BCUT2D eigenvalue weighted by atomic mass is 10.0. The molecule has 2 aromatic rings. The van der Waals surface area contributed by atoms with Crippen molar-refractivity contribution in [2.75, 3.05) is 13.1 Å². The van der Waals surface area contributed by atoms with Gasteiger partial charge in [-0.05, 0) is 54.3 Å². The standard InChI is InChI=1S/C29H36N4O5S/c1-5-21(30-18(4)34)28(37)33-16-24(35)26-23(33)12-13-32(26)29(38)22(15-17(2)3)31-27(36)20-10-8-19(9-11-20)25-7-6-14-39-25/h6-11,14,17,21-23,26H,5,12-13,15-16H2,1-4H3,(H,30,34)(H,31,36). The van der Waals surface area contributed by atoms with E-state index in [0.717, 1.165) is 10.4 Å². The first-order chi connectivity index (χ1) is 18.6. The number of benzene rings is 1. The molecule has 2 N–H and O–H groups in total. The maximum absolute atomic E-state index is 13.8. The van der Waals surface area contributed by atoms with E-state index < -0.39 is 24.2 Å². The molecule has 4 amide bonds. The molecule has 3 heterocycles. The Morgan fingerprint density at radius 3 is 2.28 bits per heavy atom. The number of nitrogens with one attached hydrogen (secondary N) is 2. The third kappa shape index (κ3) is 6.21. The van der Waals surface area contributed by atoms with Crippen LogP contribution in [0.15, 0.2) is 41.8 Å². The molecule has 0 saturated carbocycles. The average Bonchev–Trinajstić information content (AvgIpc) is 3.65. The molecule has 2 aliphatic heterocycles. The van der Waals surface area contributed by atoms with Gasteiger partial charge in [-0.3, -0.25) is 24.0 Å². The minimum atomic E-state index is -0.798. The summed E-state index contributed by atoms with van der Waals surface area (Å²) >= 11 is 1.62. The Balaban J connectivity index is 1.47. The largest absolute Gasteiger partial charge is 0.345 e. The van der Waals surface area contributed by atoms with Gasteiger partial charge in [0.05, 0.1) is 12.6 Å². The van der Waals surface area contributed by atoms with Crippen LogP contribution in [0.25, 0.3) is 10.4 Å². The van der Waals surface area contributed by atoms with Crippen molar-refractivity contribution in [1.29, 1.82) is 0 Å². The minimum Gasteiger partial charge on any atom is -0.345 e. The van der Waals surface area contributed by atoms with Gasteiger partial charge >= 0.3 is 0 Å². The average molecular weight is 553 g/mol. The Bertz CT molecular complexity index is 1230. The fourth-order valence-corrected chi connectivity index (χ4v) is 6.24. The van der Waals surface area contributed by atoms with E-state index in [1.807, 2.05) is 43.5 Å². The molecule has 1 aromatic carbocycles. The molecule has 4 unspecified atom stereocenters. The summed E-state index contributed by atoms with van der Waals surface area (Å²) in [7, 11) is 0. The van der Waals surface area contributed by atoms with Crippen LogP contribution in [-0.2, 0) is 19.2 Å². The topological polar surface area (TPSA) is 116 Å². The number of likely N-dealkylation sites (tertiary alicyclic amines) is 2. The lowest BCUT2D eigenvalue weighted by molar-refractivity contribution is -0.138. The molecular formula is C29H36N4O5S. The number of carbonyl (C=O) groups excluding carboxylic acids is 5. The van der Waals surface area contributed by atoms with Gasteiger partial charge in [-0.2, -0.15) is 0 Å². The van der Waals surface area contributed by atoms with Crippen molar-refractivity contribution >= 4 is 40.7 Å². The Morgan fingerprint density at radius 2 is 1.69 bits per heavy atom. The fraction of sp³-hybridized carbons (Fsp3) is 0.483. The molecule has 4 atom stereocenters. The number of rotatable bonds is 9. The van der Waals surface area contributed by atoms with Gasteiger partial charge in [-0.1, -0.05) is 39.0 Å². The van der Waals surface area contributed by atoms with Crippen LogP contribution >= 0.6 is 11.3 Å². The molecule has 208 valence electrons. The van der Waals surface area contributed by atoms with E-state index in [2.05, 4.69) is 10.6 Å². The lowest BCUT2D eigenvalue weighted by Gasteiger charge is -2.29. The molecule has 0 radical (unpaired) electrons. The molecule has 2 aliphatic rings. The van der Waals surface area contributed by atoms with Gasteiger partial charge in [-0.15, -0.1) is 11.3 Å². The maximum Gasteiger partial charge on any atom is 0.251 e. The lowest BCUT2D eigenvalue weighted by Crippen LogP contribution is -2.53. The molecule has 0 spiro atoms. The molecule has 9 nitrogen and oxygen atoms in total. The molecule has 0 aliphatic carbocycles. The van der Waals surface area contributed by atoms with E-state index in [9.17, 15) is 24.0 Å². The fourth-order valence-electron chi connectivity index (χ4n) is 5.51. The molecule has 39 heavy (non-hydrogen) atoms. The predicted octanol–water partition coefficient (Wildman–Crippen LogP) is 2.86. The Morgan fingerprint density at radius 1 is 1.00 bits per heavy atom. The van der Waals surface area contributed by atoms with Crippen molar-refractivity contribution in [1.82, 2.24) is 20.4 Å². The number of hydrogen-bond acceptors (Lipinski definition) is 6. The molecule has 1 aromatic heterocycles. The third-order valence-electron chi connectivity index (χ3n) is 7.34. The van der Waals surface area contributed by atoms with Gasteiger partial charge in [0.15, 0.2) is 5.78 Å². The summed E-state index contributed by atoms with van der Waals surface area (Å²) < 4.78 is 0. The summed E-state index contributed by atoms with van der Waals surface area (Å²) in [6.45, 7) is 7.33. The van der Waals surface area contributed by atoms with Crippen molar-refractivity contribution in [3.63, 3.8) is 0 Å². The highest BCUT2D eigenvalue weighted by atomic mass is 32.1. The first-order valence-corrected chi connectivity index (χ1v) is 14.3. The monoisotopic (exact) mass is 552 g/mol. The molecule has 0 bridgehead atoms. The number of fused-ring (bicyclic) bond motifs is 1. The van der Waals surface area contributed by atoms with Crippen molar-refractivity contribution in [2.24, 2.45) is 5.92 Å². The highest BCUT2D eigenvalue weighted by molar-refractivity contribution is 7.13. The van der Waals surface area contributed by atoms with Crippen LogP contribution in [0.1, 0.15) is 57.3 Å². The van der Waals surface area contributed by atoms with E-state index in [1.165, 1.54) is 16.7 Å². The van der Waals surface area contributed by atoms with E-state index in [0.29, 0.717) is 31.4 Å². The van der Waals surface area contributed by atoms with E-state index >= 15 is 0 Å².